The molecule has 0 spiro atoms. The maximum atomic E-state index is 12.3. The number of benzene rings is 2. The standard InChI is InChI=1S/C20H23NO/c1-15(10-11-16-6-3-2-4-7-16)20(22)21-19-13-12-17-8-5-9-18(17)14-19/h2-4,6-7,12-15H,5,8-11H2,1H3,(H,21,22). The maximum Gasteiger partial charge on any atom is 0.227 e. The van der Waals surface area contributed by atoms with Crippen molar-refractivity contribution in [3.05, 3.63) is 65.2 Å². The molecular formula is C20H23NO. The Morgan fingerprint density at radius 3 is 2.68 bits per heavy atom. The number of nitrogens with one attached hydrogen (secondary N) is 1. The molecule has 2 heteroatoms. The molecule has 0 saturated heterocycles. The van der Waals surface area contributed by atoms with E-state index in [9.17, 15) is 4.79 Å². The Bertz CT molecular complexity index is 648. The molecule has 2 aromatic carbocycles. The molecule has 3 rings (SSSR count). The molecule has 1 atom stereocenters. The number of hydrogen-bond acceptors (Lipinski definition) is 1. The lowest BCUT2D eigenvalue weighted by Crippen LogP contribution is -2.21. The summed E-state index contributed by atoms with van der Waals surface area (Å²) in [5, 5.41) is 3.07. The minimum atomic E-state index is 0.0217. The number of carbonyl (C=O) groups is 1. The smallest absolute Gasteiger partial charge is 0.227 e. The number of fused-ring (bicyclic) bond motifs is 1. The van der Waals surface area contributed by atoms with Gasteiger partial charge in [0.1, 0.15) is 0 Å². The Balaban J connectivity index is 1.55. The molecule has 0 fully saturated rings. The van der Waals surface area contributed by atoms with E-state index in [4.69, 9.17) is 0 Å². The molecule has 0 aliphatic heterocycles. The zero-order valence-corrected chi connectivity index (χ0v) is 13.1. The van der Waals surface area contributed by atoms with Crippen LogP contribution in [0.2, 0.25) is 0 Å². The normalized spacial score (nSPS) is 14.4. The molecule has 1 N–H and O–H groups in total. The lowest BCUT2D eigenvalue weighted by Gasteiger charge is -2.13. The Morgan fingerprint density at radius 1 is 1.09 bits per heavy atom. The zero-order valence-electron chi connectivity index (χ0n) is 13.1. The summed E-state index contributed by atoms with van der Waals surface area (Å²) in [4.78, 5) is 12.3. The molecule has 0 saturated carbocycles. The Morgan fingerprint density at radius 2 is 1.86 bits per heavy atom. The second kappa shape index (κ2) is 6.78. The van der Waals surface area contributed by atoms with Gasteiger partial charge < -0.3 is 5.32 Å². The number of carbonyl (C=O) groups excluding carboxylic acids is 1. The lowest BCUT2D eigenvalue weighted by molar-refractivity contribution is -0.119. The highest BCUT2D eigenvalue weighted by Gasteiger charge is 2.15. The van der Waals surface area contributed by atoms with Crippen LogP contribution in [0.3, 0.4) is 0 Å². The molecule has 114 valence electrons. The molecule has 1 unspecified atom stereocenters. The highest BCUT2D eigenvalue weighted by molar-refractivity contribution is 5.92. The van der Waals surface area contributed by atoms with Crippen molar-refractivity contribution in [2.24, 2.45) is 5.92 Å². The van der Waals surface area contributed by atoms with Crippen LogP contribution in [0.4, 0.5) is 5.69 Å². The number of anilines is 1. The quantitative estimate of drug-likeness (QED) is 0.870. The van der Waals surface area contributed by atoms with Gasteiger partial charge in [0.25, 0.3) is 0 Å². The Hall–Kier alpha value is -2.09. The summed E-state index contributed by atoms with van der Waals surface area (Å²) >= 11 is 0. The van der Waals surface area contributed by atoms with Crippen LogP contribution in [0.1, 0.15) is 36.5 Å². The first-order valence-corrected chi connectivity index (χ1v) is 8.19. The minimum absolute atomic E-state index is 0.0217. The second-order valence-corrected chi connectivity index (χ2v) is 6.25. The minimum Gasteiger partial charge on any atom is -0.326 e. The summed E-state index contributed by atoms with van der Waals surface area (Å²) in [5.41, 5.74) is 5.07. The third kappa shape index (κ3) is 3.56. The van der Waals surface area contributed by atoms with Crippen molar-refractivity contribution in [3.8, 4) is 0 Å². The van der Waals surface area contributed by atoms with E-state index in [-0.39, 0.29) is 11.8 Å². The van der Waals surface area contributed by atoms with Crippen LogP contribution >= 0.6 is 0 Å². The number of amides is 1. The van der Waals surface area contributed by atoms with Gasteiger partial charge in [-0.05, 0) is 60.9 Å². The van der Waals surface area contributed by atoms with Gasteiger partial charge in [-0.3, -0.25) is 4.79 Å². The van der Waals surface area contributed by atoms with Crippen molar-refractivity contribution < 1.29 is 4.79 Å². The van der Waals surface area contributed by atoms with Crippen LogP contribution in [0.5, 0.6) is 0 Å². The molecule has 0 radical (unpaired) electrons. The highest BCUT2D eigenvalue weighted by Crippen LogP contribution is 2.25. The average Bonchev–Trinajstić information content (AvgIpc) is 3.01. The van der Waals surface area contributed by atoms with Crippen molar-refractivity contribution in [2.45, 2.75) is 39.0 Å². The first-order chi connectivity index (χ1) is 10.7. The van der Waals surface area contributed by atoms with Gasteiger partial charge in [0, 0.05) is 11.6 Å². The number of rotatable bonds is 5. The van der Waals surface area contributed by atoms with Gasteiger partial charge in [0.2, 0.25) is 5.91 Å². The van der Waals surface area contributed by atoms with Gasteiger partial charge in [-0.15, -0.1) is 0 Å². The van der Waals surface area contributed by atoms with Crippen LogP contribution in [-0.4, -0.2) is 5.91 Å². The van der Waals surface area contributed by atoms with Gasteiger partial charge in [-0.25, -0.2) is 0 Å². The van der Waals surface area contributed by atoms with E-state index in [0.717, 1.165) is 24.9 Å². The number of aryl methyl sites for hydroxylation is 3. The van der Waals surface area contributed by atoms with Crippen LogP contribution in [0, 0.1) is 5.92 Å². The summed E-state index contributed by atoms with van der Waals surface area (Å²) in [7, 11) is 0. The average molecular weight is 293 g/mol. The first kappa shape index (κ1) is 14.8. The number of hydrogen-bond donors (Lipinski definition) is 1. The van der Waals surface area contributed by atoms with Crippen LogP contribution in [0.15, 0.2) is 48.5 Å². The predicted octanol–water partition coefficient (Wildman–Crippen LogP) is 4.38. The monoisotopic (exact) mass is 293 g/mol. The van der Waals surface area contributed by atoms with Crippen LogP contribution in [0.25, 0.3) is 0 Å². The van der Waals surface area contributed by atoms with E-state index >= 15 is 0 Å². The summed E-state index contributed by atoms with van der Waals surface area (Å²) < 4.78 is 0. The molecular weight excluding hydrogens is 270 g/mol. The summed E-state index contributed by atoms with van der Waals surface area (Å²) in [6.07, 6.45) is 5.38. The van der Waals surface area contributed by atoms with E-state index < -0.39 is 0 Å². The highest BCUT2D eigenvalue weighted by atomic mass is 16.1. The fraction of sp³-hybridized carbons (Fsp3) is 0.350. The van der Waals surface area contributed by atoms with Gasteiger partial charge in [-0.1, -0.05) is 43.3 Å². The van der Waals surface area contributed by atoms with Gasteiger partial charge in [0.15, 0.2) is 0 Å². The van der Waals surface area contributed by atoms with E-state index in [1.165, 1.54) is 29.5 Å². The fourth-order valence-electron chi connectivity index (χ4n) is 3.07. The van der Waals surface area contributed by atoms with E-state index in [1.54, 1.807) is 0 Å². The fourth-order valence-corrected chi connectivity index (χ4v) is 3.07. The summed E-state index contributed by atoms with van der Waals surface area (Å²) in [5.74, 6) is 0.141. The van der Waals surface area contributed by atoms with Gasteiger partial charge in [-0.2, -0.15) is 0 Å². The van der Waals surface area contributed by atoms with Gasteiger partial charge in [0.05, 0.1) is 0 Å². The molecule has 0 bridgehead atoms. The SMILES string of the molecule is CC(CCc1ccccc1)C(=O)Nc1ccc2c(c1)CCC2. The topological polar surface area (TPSA) is 29.1 Å². The van der Waals surface area contributed by atoms with Crippen molar-refractivity contribution in [3.63, 3.8) is 0 Å². The summed E-state index contributed by atoms with van der Waals surface area (Å²) in [6.45, 7) is 2.01. The van der Waals surface area contributed by atoms with Crippen molar-refractivity contribution >= 4 is 11.6 Å². The molecule has 2 aromatic rings. The van der Waals surface area contributed by atoms with E-state index in [0.29, 0.717) is 0 Å². The Labute approximate surface area is 132 Å². The largest absolute Gasteiger partial charge is 0.326 e. The lowest BCUT2D eigenvalue weighted by atomic mass is 10.00. The van der Waals surface area contributed by atoms with Gasteiger partial charge >= 0.3 is 0 Å². The van der Waals surface area contributed by atoms with E-state index in [2.05, 4.69) is 29.6 Å². The third-order valence-electron chi connectivity index (χ3n) is 4.52. The summed E-state index contributed by atoms with van der Waals surface area (Å²) in [6, 6.07) is 16.7. The third-order valence-corrected chi connectivity index (χ3v) is 4.52. The van der Waals surface area contributed by atoms with Crippen LogP contribution in [-0.2, 0) is 24.1 Å². The predicted molar refractivity (Wildman–Crippen MR) is 91.0 cm³/mol. The molecule has 1 aliphatic carbocycles. The van der Waals surface area contributed by atoms with Crippen LogP contribution < -0.4 is 5.32 Å². The molecule has 0 heterocycles. The first-order valence-electron chi connectivity index (χ1n) is 8.19. The molecule has 2 nitrogen and oxygen atoms in total. The van der Waals surface area contributed by atoms with Crippen molar-refractivity contribution in [2.75, 3.05) is 5.32 Å². The molecule has 1 amide bonds. The zero-order chi connectivity index (χ0) is 15.4. The molecule has 22 heavy (non-hydrogen) atoms. The maximum absolute atomic E-state index is 12.3. The molecule has 0 aromatic heterocycles. The Kier molecular flexibility index (Phi) is 4.57. The second-order valence-electron chi connectivity index (χ2n) is 6.25. The van der Waals surface area contributed by atoms with E-state index in [1.807, 2.05) is 31.2 Å². The van der Waals surface area contributed by atoms with Crippen molar-refractivity contribution in [1.82, 2.24) is 0 Å². The van der Waals surface area contributed by atoms with Crippen molar-refractivity contribution in [1.29, 1.82) is 0 Å². The molecule has 1 aliphatic rings.